The number of benzene rings is 1. The average molecular weight is 375 g/mol. The first-order valence-electron chi connectivity index (χ1n) is 9.06. The zero-order valence-electron chi connectivity index (χ0n) is 16.6. The Morgan fingerprint density at radius 2 is 1.44 bits per heavy atom. The molecule has 0 heterocycles. The molecular formula is C20H31KO4. The summed E-state index contributed by atoms with van der Waals surface area (Å²) in [6.07, 6.45) is 9.38. The van der Waals surface area contributed by atoms with Crippen molar-refractivity contribution in [2.24, 2.45) is 5.92 Å². The van der Waals surface area contributed by atoms with E-state index in [0.29, 0.717) is 0 Å². The van der Waals surface area contributed by atoms with E-state index in [0.717, 1.165) is 24.8 Å². The van der Waals surface area contributed by atoms with Gasteiger partial charge < -0.3 is 11.6 Å². The van der Waals surface area contributed by atoms with E-state index < -0.39 is 17.9 Å². The molecule has 0 radical (unpaired) electrons. The molecule has 5 heteroatoms. The molecule has 136 valence electrons. The second kappa shape index (κ2) is 14.9. The van der Waals surface area contributed by atoms with Crippen LogP contribution in [0, 0.1) is 5.92 Å². The van der Waals surface area contributed by atoms with Crippen LogP contribution in [0.2, 0.25) is 0 Å². The fourth-order valence-electron chi connectivity index (χ4n) is 3.09. The number of aliphatic carboxylic acids is 2. The van der Waals surface area contributed by atoms with Gasteiger partial charge in [0.25, 0.3) is 0 Å². The molecule has 1 atom stereocenters. The molecule has 1 aromatic rings. The fraction of sp³-hybridized carbons (Fsp3) is 0.600. The molecule has 0 saturated heterocycles. The molecule has 0 aliphatic rings. The molecule has 0 amide bonds. The van der Waals surface area contributed by atoms with Crippen molar-refractivity contribution in [3.05, 3.63) is 35.9 Å². The summed E-state index contributed by atoms with van der Waals surface area (Å²) >= 11 is 0. The van der Waals surface area contributed by atoms with Gasteiger partial charge in [-0.2, -0.15) is 0 Å². The Balaban J connectivity index is 0. The maximum Gasteiger partial charge on any atom is 1.00 e. The van der Waals surface area contributed by atoms with E-state index in [9.17, 15) is 9.59 Å². The summed E-state index contributed by atoms with van der Waals surface area (Å²) < 4.78 is 0. The van der Waals surface area contributed by atoms with Crippen molar-refractivity contribution in [1.29, 1.82) is 0 Å². The van der Waals surface area contributed by atoms with E-state index in [-0.39, 0.29) is 65.1 Å². The van der Waals surface area contributed by atoms with Gasteiger partial charge in [-0.1, -0.05) is 82.2 Å². The van der Waals surface area contributed by atoms with Gasteiger partial charge in [-0.25, -0.2) is 0 Å². The zero-order valence-corrected chi connectivity index (χ0v) is 18.7. The normalized spacial score (nSPS) is 11.8. The van der Waals surface area contributed by atoms with E-state index in [4.69, 9.17) is 10.2 Å². The number of hydrogen-bond donors (Lipinski definition) is 2. The molecule has 0 aliphatic carbocycles. The van der Waals surface area contributed by atoms with Crippen LogP contribution in [0.25, 0.3) is 0 Å². The van der Waals surface area contributed by atoms with Crippen LogP contribution < -0.4 is 51.4 Å². The van der Waals surface area contributed by atoms with Crippen LogP contribution >= 0.6 is 0 Å². The molecule has 0 fully saturated rings. The SMILES string of the molecule is CCCCCCCCCC(CC(C(=O)O)C(=O)O)c1ccccc1.[H-].[K+]. The Bertz CT molecular complexity index is 482. The molecule has 1 aromatic carbocycles. The van der Waals surface area contributed by atoms with Gasteiger partial charge in [0.15, 0.2) is 5.92 Å². The number of carboxylic acid groups (broad SMARTS) is 2. The summed E-state index contributed by atoms with van der Waals surface area (Å²) in [4.78, 5) is 22.4. The second-order valence-corrected chi connectivity index (χ2v) is 6.48. The molecule has 0 bridgehead atoms. The van der Waals surface area contributed by atoms with Crippen LogP contribution in [0.4, 0.5) is 0 Å². The van der Waals surface area contributed by atoms with Crippen LogP contribution in [0.1, 0.15) is 77.6 Å². The first kappa shape index (κ1) is 24.8. The predicted octanol–water partition coefficient (Wildman–Crippen LogP) is 2.20. The second-order valence-electron chi connectivity index (χ2n) is 6.48. The minimum absolute atomic E-state index is 0. The molecule has 0 spiro atoms. The van der Waals surface area contributed by atoms with E-state index >= 15 is 0 Å². The third-order valence-corrected chi connectivity index (χ3v) is 4.54. The van der Waals surface area contributed by atoms with Crippen LogP contribution in [-0.4, -0.2) is 22.2 Å². The van der Waals surface area contributed by atoms with Crippen molar-refractivity contribution in [3.8, 4) is 0 Å². The number of carbonyl (C=O) groups is 2. The summed E-state index contributed by atoms with van der Waals surface area (Å²) in [7, 11) is 0. The van der Waals surface area contributed by atoms with E-state index in [1.165, 1.54) is 32.1 Å². The first-order valence-corrected chi connectivity index (χ1v) is 9.06. The number of hydrogen-bond acceptors (Lipinski definition) is 2. The topological polar surface area (TPSA) is 74.6 Å². The smallest absolute Gasteiger partial charge is 1.00 e. The molecule has 0 saturated carbocycles. The Labute approximate surface area is 195 Å². The van der Waals surface area contributed by atoms with Crippen molar-refractivity contribution in [2.45, 2.75) is 70.6 Å². The van der Waals surface area contributed by atoms with Crippen molar-refractivity contribution >= 4 is 11.9 Å². The maximum atomic E-state index is 11.2. The van der Waals surface area contributed by atoms with Gasteiger partial charge in [0.2, 0.25) is 0 Å². The quantitative estimate of drug-likeness (QED) is 0.315. The number of unbranched alkanes of at least 4 members (excludes halogenated alkanes) is 6. The molecule has 4 nitrogen and oxygen atoms in total. The molecule has 0 aliphatic heterocycles. The van der Waals surface area contributed by atoms with Gasteiger partial charge in [-0.15, -0.1) is 0 Å². The van der Waals surface area contributed by atoms with E-state index in [1.807, 2.05) is 30.3 Å². The fourth-order valence-corrected chi connectivity index (χ4v) is 3.09. The average Bonchev–Trinajstić information content (AvgIpc) is 2.56. The van der Waals surface area contributed by atoms with Crippen LogP contribution in [0.5, 0.6) is 0 Å². The van der Waals surface area contributed by atoms with Crippen molar-refractivity contribution in [2.75, 3.05) is 0 Å². The van der Waals surface area contributed by atoms with Crippen LogP contribution in [0.15, 0.2) is 30.3 Å². The largest absolute Gasteiger partial charge is 1.00 e. The summed E-state index contributed by atoms with van der Waals surface area (Å²) in [5.41, 5.74) is 1.04. The van der Waals surface area contributed by atoms with Gasteiger partial charge in [0.05, 0.1) is 0 Å². The monoisotopic (exact) mass is 374 g/mol. The Morgan fingerprint density at radius 3 is 1.96 bits per heavy atom. The zero-order chi connectivity index (χ0) is 17.8. The summed E-state index contributed by atoms with van der Waals surface area (Å²) in [5.74, 6) is -3.84. The third-order valence-electron chi connectivity index (χ3n) is 4.54. The standard InChI is InChI=1S/C20H30O4.K.H/c1-2-3-4-5-6-7-9-14-17(16-12-10-8-11-13-16)15-18(19(21)22)20(23)24;;/h8,10-13,17-18H,2-7,9,14-15H2,1H3,(H,21,22)(H,23,24);;/q;+1;-1. The Hall–Kier alpha value is -0.204. The van der Waals surface area contributed by atoms with Crippen LogP contribution in [-0.2, 0) is 9.59 Å². The van der Waals surface area contributed by atoms with Crippen molar-refractivity contribution in [3.63, 3.8) is 0 Å². The Morgan fingerprint density at radius 1 is 0.920 bits per heavy atom. The summed E-state index contributed by atoms with van der Waals surface area (Å²) in [6.45, 7) is 2.20. The summed E-state index contributed by atoms with van der Waals surface area (Å²) in [6, 6.07) is 9.69. The van der Waals surface area contributed by atoms with Crippen molar-refractivity contribution < 1.29 is 72.6 Å². The third kappa shape index (κ3) is 10.5. The molecule has 1 unspecified atom stereocenters. The number of carboxylic acids is 2. The van der Waals surface area contributed by atoms with Gasteiger partial charge in [0.1, 0.15) is 0 Å². The van der Waals surface area contributed by atoms with Crippen LogP contribution in [0.3, 0.4) is 0 Å². The minimum atomic E-state index is -1.33. The predicted molar refractivity (Wildman–Crippen MR) is 96.3 cm³/mol. The van der Waals surface area contributed by atoms with Gasteiger partial charge in [0, 0.05) is 0 Å². The molecule has 1 rings (SSSR count). The maximum absolute atomic E-state index is 11.2. The molecule has 0 aromatic heterocycles. The van der Waals surface area contributed by atoms with Crippen molar-refractivity contribution in [1.82, 2.24) is 0 Å². The number of rotatable bonds is 13. The Kier molecular flexibility index (Phi) is 14.8. The molecule has 25 heavy (non-hydrogen) atoms. The van der Waals surface area contributed by atoms with E-state index in [1.54, 1.807) is 0 Å². The first-order chi connectivity index (χ1) is 11.6. The van der Waals surface area contributed by atoms with Gasteiger partial charge in [-0.05, 0) is 24.3 Å². The minimum Gasteiger partial charge on any atom is -1.00 e. The van der Waals surface area contributed by atoms with Gasteiger partial charge in [-0.3, -0.25) is 9.59 Å². The van der Waals surface area contributed by atoms with E-state index in [2.05, 4.69) is 6.92 Å². The molecular weight excluding hydrogens is 343 g/mol. The van der Waals surface area contributed by atoms with Gasteiger partial charge >= 0.3 is 63.3 Å². The summed E-state index contributed by atoms with van der Waals surface area (Å²) in [5, 5.41) is 18.3. The molecule has 2 N–H and O–H groups in total.